The predicted molar refractivity (Wildman–Crippen MR) is 122 cm³/mol. The van der Waals surface area contributed by atoms with Crippen molar-refractivity contribution in [1.82, 2.24) is 9.36 Å². The van der Waals surface area contributed by atoms with Gasteiger partial charge in [0.15, 0.2) is 11.5 Å². The molecule has 2 heterocycles. The van der Waals surface area contributed by atoms with Crippen molar-refractivity contribution in [2.45, 2.75) is 12.1 Å². The maximum atomic E-state index is 12.4. The molecule has 0 radical (unpaired) electrons. The van der Waals surface area contributed by atoms with Crippen LogP contribution in [-0.4, -0.2) is 42.5 Å². The zero-order chi connectivity index (χ0) is 24.0. The number of nitrogens with one attached hydrogen (secondary N) is 1. The summed E-state index contributed by atoms with van der Waals surface area (Å²) in [7, 11) is -3.62. The number of carbonyl (C=O) groups excluding carboxylic acids is 2. The van der Waals surface area contributed by atoms with Gasteiger partial charge in [-0.15, -0.1) is 11.3 Å². The summed E-state index contributed by atoms with van der Waals surface area (Å²) in [5.74, 6) is -0.870. The van der Waals surface area contributed by atoms with Crippen LogP contribution in [0.25, 0.3) is 6.08 Å². The molecule has 1 amide bonds. The van der Waals surface area contributed by atoms with Gasteiger partial charge in [-0.2, -0.15) is 14.6 Å². The highest BCUT2D eigenvalue weighted by Crippen LogP contribution is 2.30. The van der Waals surface area contributed by atoms with Crippen LogP contribution in [0.15, 0.2) is 46.4 Å². The lowest BCUT2D eigenvalue weighted by Crippen LogP contribution is -2.13. The molecule has 13 heteroatoms. The fraction of sp³-hybridized carbons (Fsp3) is 0.150. The third-order valence-corrected chi connectivity index (χ3v) is 6.27. The third-order valence-electron chi connectivity index (χ3n) is 3.83. The number of rotatable bonds is 8. The highest BCUT2D eigenvalue weighted by molar-refractivity contribution is 7.90. The van der Waals surface area contributed by atoms with Crippen LogP contribution in [0.3, 0.4) is 0 Å². The van der Waals surface area contributed by atoms with Crippen molar-refractivity contribution in [1.29, 1.82) is 5.26 Å². The van der Waals surface area contributed by atoms with E-state index < -0.39 is 26.9 Å². The smallest absolute Gasteiger partial charge is 0.353 e. The van der Waals surface area contributed by atoms with Gasteiger partial charge in [0.1, 0.15) is 16.5 Å². The molecule has 0 atom stereocenters. The minimum atomic E-state index is -3.62. The monoisotopic (exact) mass is 504 g/mol. The second-order valence-corrected chi connectivity index (χ2v) is 9.89. The molecule has 0 bridgehead atoms. The summed E-state index contributed by atoms with van der Waals surface area (Å²) in [6, 6.07) is 9.73. The van der Waals surface area contributed by atoms with Crippen molar-refractivity contribution >= 4 is 55.8 Å². The van der Waals surface area contributed by atoms with Crippen molar-refractivity contribution in [3.63, 3.8) is 0 Å². The van der Waals surface area contributed by atoms with Crippen LogP contribution < -0.4 is 14.8 Å². The van der Waals surface area contributed by atoms with Crippen molar-refractivity contribution in [2.24, 2.45) is 0 Å². The SMILES string of the molecule is CCOc1cc(C=C(C#N)C(=O)Nc2nc(S(C)(=O)=O)ns2)ccc1OC(=O)c1cccs1. The number of aromatic nitrogens is 2. The first-order valence-corrected chi connectivity index (χ1v) is 12.7. The van der Waals surface area contributed by atoms with Gasteiger partial charge in [-0.1, -0.05) is 12.1 Å². The number of carbonyl (C=O) groups is 2. The van der Waals surface area contributed by atoms with E-state index in [0.717, 1.165) is 6.26 Å². The Kier molecular flexibility index (Phi) is 7.54. The summed E-state index contributed by atoms with van der Waals surface area (Å²) in [6.07, 6.45) is 2.25. The Morgan fingerprint density at radius 2 is 2.06 bits per heavy atom. The van der Waals surface area contributed by atoms with Gasteiger partial charge in [-0.05, 0) is 42.1 Å². The molecule has 0 aliphatic carbocycles. The van der Waals surface area contributed by atoms with E-state index in [1.807, 2.05) is 0 Å². The Hall–Kier alpha value is -3.60. The van der Waals surface area contributed by atoms with Gasteiger partial charge in [-0.3, -0.25) is 10.1 Å². The van der Waals surface area contributed by atoms with E-state index >= 15 is 0 Å². The molecule has 3 aromatic rings. The van der Waals surface area contributed by atoms with Crippen LogP contribution in [0.1, 0.15) is 22.2 Å². The second kappa shape index (κ2) is 10.3. The van der Waals surface area contributed by atoms with Gasteiger partial charge in [-0.25, -0.2) is 13.2 Å². The molecule has 1 aromatic carbocycles. The van der Waals surface area contributed by atoms with E-state index in [9.17, 15) is 23.3 Å². The summed E-state index contributed by atoms with van der Waals surface area (Å²) in [5, 5.41) is 13.0. The average Bonchev–Trinajstić information content (AvgIpc) is 3.46. The molecular weight excluding hydrogens is 488 g/mol. The summed E-state index contributed by atoms with van der Waals surface area (Å²) in [6.45, 7) is 2.05. The fourth-order valence-corrected chi connectivity index (χ4v) is 4.44. The highest BCUT2D eigenvalue weighted by Gasteiger charge is 2.18. The quantitative estimate of drug-likeness (QED) is 0.211. The Balaban J connectivity index is 1.81. The Morgan fingerprint density at radius 3 is 2.67 bits per heavy atom. The van der Waals surface area contributed by atoms with Crippen molar-refractivity contribution in [3.05, 3.63) is 51.7 Å². The number of esters is 1. The molecule has 0 aliphatic rings. The lowest BCUT2D eigenvalue weighted by atomic mass is 10.1. The van der Waals surface area contributed by atoms with E-state index in [2.05, 4.69) is 14.7 Å². The number of benzene rings is 1. The van der Waals surface area contributed by atoms with Gasteiger partial charge in [0.05, 0.1) is 6.61 Å². The standard InChI is InChI=1S/C20H16N4O6S3/c1-3-29-15-10-12(6-7-14(15)30-18(26)16-5-4-8-31-16)9-13(11-21)17(25)22-19-23-20(24-32-19)33(2,27)28/h4-10H,3H2,1-2H3,(H,22,23,24,25). The molecule has 0 saturated heterocycles. The minimum Gasteiger partial charge on any atom is -0.490 e. The number of amides is 1. The van der Waals surface area contributed by atoms with Gasteiger partial charge >= 0.3 is 5.97 Å². The normalized spacial score (nSPS) is 11.5. The van der Waals surface area contributed by atoms with Crippen molar-refractivity contribution in [3.8, 4) is 17.6 Å². The maximum Gasteiger partial charge on any atom is 0.353 e. The number of hydrogen-bond acceptors (Lipinski definition) is 11. The summed E-state index contributed by atoms with van der Waals surface area (Å²) >= 11 is 1.92. The molecule has 33 heavy (non-hydrogen) atoms. The zero-order valence-corrected chi connectivity index (χ0v) is 19.7. The number of anilines is 1. The minimum absolute atomic E-state index is 0.0626. The number of thiophene rings is 1. The van der Waals surface area contributed by atoms with Crippen LogP contribution >= 0.6 is 22.9 Å². The van der Waals surface area contributed by atoms with Gasteiger partial charge in [0.2, 0.25) is 15.0 Å². The van der Waals surface area contributed by atoms with Crippen LogP contribution in [0.5, 0.6) is 11.5 Å². The molecule has 0 saturated carbocycles. The van der Waals surface area contributed by atoms with Crippen molar-refractivity contribution in [2.75, 3.05) is 18.2 Å². The largest absolute Gasteiger partial charge is 0.490 e. The third kappa shape index (κ3) is 6.22. The Labute approximate surface area is 197 Å². The Bertz CT molecular complexity index is 1350. The number of nitriles is 1. The van der Waals surface area contributed by atoms with Gasteiger partial charge in [0, 0.05) is 17.8 Å². The lowest BCUT2D eigenvalue weighted by molar-refractivity contribution is -0.112. The van der Waals surface area contributed by atoms with E-state index in [4.69, 9.17) is 9.47 Å². The number of ether oxygens (including phenoxy) is 2. The van der Waals surface area contributed by atoms with E-state index in [0.29, 0.717) is 28.6 Å². The molecule has 10 nitrogen and oxygen atoms in total. The van der Waals surface area contributed by atoms with Crippen LogP contribution in [0.2, 0.25) is 0 Å². The van der Waals surface area contributed by atoms with Crippen molar-refractivity contribution < 1.29 is 27.5 Å². The molecule has 3 rings (SSSR count). The fourth-order valence-electron chi connectivity index (χ4n) is 2.40. The highest BCUT2D eigenvalue weighted by atomic mass is 32.2. The van der Waals surface area contributed by atoms with Gasteiger partial charge < -0.3 is 9.47 Å². The summed E-state index contributed by atoms with van der Waals surface area (Å²) < 4.78 is 37.6. The first-order valence-electron chi connectivity index (χ1n) is 9.20. The predicted octanol–water partition coefficient (Wildman–Crippen LogP) is 3.17. The molecular formula is C20H16N4O6S3. The molecule has 0 fully saturated rings. The number of sulfone groups is 1. The van der Waals surface area contributed by atoms with Crippen LogP contribution in [0, 0.1) is 11.3 Å². The Morgan fingerprint density at radius 1 is 1.27 bits per heavy atom. The molecule has 0 unspecified atom stereocenters. The number of nitrogens with zero attached hydrogens (tertiary/aromatic N) is 3. The molecule has 0 aliphatic heterocycles. The average molecular weight is 505 g/mol. The molecule has 170 valence electrons. The number of hydrogen-bond donors (Lipinski definition) is 1. The van der Waals surface area contributed by atoms with E-state index in [-0.39, 0.29) is 22.2 Å². The van der Waals surface area contributed by atoms with E-state index in [1.165, 1.54) is 29.5 Å². The lowest BCUT2D eigenvalue weighted by Gasteiger charge is -2.11. The maximum absolute atomic E-state index is 12.4. The zero-order valence-electron chi connectivity index (χ0n) is 17.3. The van der Waals surface area contributed by atoms with E-state index in [1.54, 1.807) is 36.6 Å². The van der Waals surface area contributed by atoms with Crippen LogP contribution in [-0.2, 0) is 14.6 Å². The first kappa shape index (κ1) is 24.1. The van der Waals surface area contributed by atoms with Crippen LogP contribution in [0.4, 0.5) is 5.13 Å². The summed E-state index contributed by atoms with van der Waals surface area (Å²) in [4.78, 5) is 28.9. The molecule has 1 N–H and O–H groups in total. The molecule has 2 aromatic heterocycles. The summed E-state index contributed by atoms with van der Waals surface area (Å²) in [5.41, 5.74) is 0.173. The topological polar surface area (TPSA) is 148 Å². The van der Waals surface area contributed by atoms with Gasteiger partial charge in [0.25, 0.3) is 11.1 Å². The molecule has 0 spiro atoms. The first-order chi connectivity index (χ1) is 15.7. The second-order valence-electron chi connectivity index (χ2n) is 6.28.